The summed E-state index contributed by atoms with van der Waals surface area (Å²) in [6.45, 7) is 1.50. The average molecular weight is 416 g/mol. The summed E-state index contributed by atoms with van der Waals surface area (Å²) in [6.07, 6.45) is -4.57. The topological polar surface area (TPSA) is 86.9 Å². The van der Waals surface area contributed by atoms with E-state index in [0.29, 0.717) is 11.4 Å². The fourth-order valence-corrected chi connectivity index (χ4v) is 2.74. The van der Waals surface area contributed by atoms with Crippen LogP contribution in [0.25, 0.3) is 11.3 Å². The highest BCUT2D eigenvalue weighted by Gasteiger charge is 2.30. The van der Waals surface area contributed by atoms with Gasteiger partial charge in [0.05, 0.1) is 17.7 Å². The maximum absolute atomic E-state index is 12.6. The van der Waals surface area contributed by atoms with Crippen LogP contribution in [0.1, 0.15) is 18.1 Å². The number of nitrogens with one attached hydrogen (secondary N) is 3. The minimum atomic E-state index is -4.43. The van der Waals surface area contributed by atoms with E-state index >= 15 is 0 Å². The minimum Gasteiger partial charge on any atom is -0.344 e. The number of aromatic amines is 1. The van der Waals surface area contributed by atoms with E-state index in [2.05, 4.69) is 20.8 Å². The molecule has 2 amide bonds. The third-order valence-corrected chi connectivity index (χ3v) is 4.33. The van der Waals surface area contributed by atoms with Crippen molar-refractivity contribution in [3.05, 3.63) is 71.8 Å². The van der Waals surface area contributed by atoms with Gasteiger partial charge in [-0.2, -0.15) is 18.3 Å². The Labute approximate surface area is 170 Å². The molecule has 0 aliphatic heterocycles. The molecule has 6 nitrogen and oxygen atoms in total. The largest absolute Gasteiger partial charge is 0.416 e. The highest BCUT2D eigenvalue weighted by atomic mass is 19.4. The SMILES string of the molecule is CC(NC(=O)Cc1ccc(C(F)(F)F)cc1)C(=O)Nc1cc(-c2ccccc2)[nH]n1. The van der Waals surface area contributed by atoms with Gasteiger partial charge in [-0.1, -0.05) is 42.5 Å². The van der Waals surface area contributed by atoms with Gasteiger partial charge >= 0.3 is 6.18 Å². The van der Waals surface area contributed by atoms with Gasteiger partial charge in [0.1, 0.15) is 6.04 Å². The zero-order chi connectivity index (χ0) is 21.7. The van der Waals surface area contributed by atoms with Crippen molar-refractivity contribution < 1.29 is 22.8 Å². The summed E-state index contributed by atoms with van der Waals surface area (Å²) >= 11 is 0. The lowest BCUT2D eigenvalue weighted by Gasteiger charge is -2.13. The van der Waals surface area contributed by atoms with Gasteiger partial charge in [0.25, 0.3) is 0 Å². The van der Waals surface area contributed by atoms with Crippen molar-refractivity contribution in [1.82, 2.24) is 15.5 Å². The molecule has 156 valence electrons. The van der Waals surface area contributed by atoms with Gasteiger partial charge in [-0.25, -0.2) is 0 Å². The summed E-state index contributed by atoms with van der Waals surface area (Å²) in [5, 5.41) is 12.0. The first-order valence-electron chi connectivity index (χ1n) is 9.09. The van der Waals surface area contributed by atoms with Crippen molar-refractivity contribution in [3.8, 4) is 11.3 Å². The van der Waals surface area contributed by atoms with E-state index < -0.39 is 29.6 Å². The molecule has 0 saturated carbocycles. The average Bonchev–Trinajstić information content (AvgIpc) is 3.16. The van der Waals surface area contributed by atoms with Crippen molar-refractivity contribution in [3.63, 3.8) is 0 Å². The van der Waals surface area contributed by atoms with Gasteiger partial charge < -0.3 is 10.6 Å². The molecule has 1 unspecified atom stereocenters. The van der Waals surface area contributed by atoms with E-state index in [-0.39, 0.29) is 6.42 Å². The highest BCUT2D eigenvalue weighted by molar-refractivity contribution is 5.96. The van der Waals surface area contributed by atoms with E-state index in [1.54, 1.807) is 6.07 Å². The monoisotopic (exact) mass is 416 g/mol. The second-order valence-electron chi connectivity index (χ2n) is 6.68. The van der Waals surface area contributed by atoms with Crippen LogP contribution >= 0.6 is 0 Å². The third-order valence-electron chi connectivity index (χ3n) is 4.33. The normalized spacial score (nSPS) is 12.3. The number of alkyl halides is 3. The number of amides is 2. The van der Waals surface area contributed by atoms with Crippen LogP contribution in [-0.2, 0) is 22.2 Å². The number of halogens is 3. The molecule has 0 aliphatic rings. The first kappa shape index (κ1) is 21.1. The maximum atomic E-state index is 12.6. The molecule has 3 rings (SSSR count). The molecule has 1 heterocycles. The molecule has 3 aromatic rings. The molecule has 3 N–H and O–H groups in total. The Kier molecular flexibility index (Phi) is 6.20. The van der Waals surface area contributed by atoms with Crippen LogP contribution < -0.4 is 10.6 Å². The first-order valence-corrected chi connectivity index (χ1v) is 9.09. The smallest absolute Gasteiger partial charge is 0.344 e. The molecule has 0 radical (unpaired) electrons. The number of carbonyl (C=O) groups is 2. The molecule has 2 aromatic carbocycles. The van der Waals surface area contributed by atoms with Crippen molar-refractivity contribution in [2.24, 2.45) is 0 Å². The van der Waals surface area contributed by atoms with Gasteiger partial charge in [-0.15, -0.1) is 0 Å². The van der Waals surface area contributed by atoms with Gasteiger partial charge in [0, 0.05) is 6.07 Å². The van der Waals surface area contributed by atoms with Gasteiger partial charge in [0.15, 0.2) is 5.82 Å². The molecule has 9 heteroatoms. The van der Waals surface area contributed by atoms with Crippen LogP contribution in [0.2, 0.25) is 0 Å². The summed E-state index contributed by atoms with van der Waals surface area (Å²) in [5.41, 5.74) is 1.26. The maximum Gasteiger partial charge on any atom is 0.416 e. The molecule has 0 spiro atoms. The molecule has 1 atom stereocenters. The summed E-state index contributed by atoms with van der Waals surface area (Å²) in [6, 6.07) is 14.5. The first-order chi connectivity index (χ1) is 14.2. The Morgan fingerprint density at radius 2 is 1.73 bits per heavy atom. The van der Waals surface area contributed by atoms with Crippen LogP contribution in [-0.4, -0.2) is 28.1 Å². The van der Waals surface area contributed by atoms with Gasteiger partial charge in [0.2, 0.25) is 11.8 Å². The number of rotatable bonds is 6. The zero-order valence-electron chi connectivity index (χ0n) is 16.0. The fraction of sp³-hybridized carbons (Fsp3) is 0.190. The van der Waals surface area contributed by atoms with Crippen LogP contribution in [0.15, 0.2) is 60.7 Å². The van der Waals surface area contributed by atoms with Gasteiger partial charge in [-0.3, -0.25) is 14.7 Å². The Hall–Kier alpha value is -3.62. The number of aromatic nitrogens is 2. The van der Waals surface area contributed by atoms with Crippen molar-refractivity contribution >= 4 is 17.6 Å². The van der Waals surface area contributed by atoms with Crippen molar-refractivity contribution in [1.29, 1.82) is 0 Å². The molecule has 0 bridgehead atoms. The van der Waals surface area contributed by atoms with E-state index in [1.807, 2.05) is 30.3 Å². The Balaban J connectivity index is 1.53. The number of benzene rings is 2. The molecule has 0 aliphatic carbocycles. The number of H-pyrrole nitrogens is 1. The van der Waals surface area contributed by atoms with Gasteiger partial charge in [-0.05, 0) is 30.2 Å². The fourth-order valence-electron chi connectivity index (χ4n) is 2.74. The predicted octanol–water partition coefficient (Wildman–Crippen LogP) is 3.78. The second-order valence-corrected chi connectivity index (χ2v) is 6.68. The van der Waals surface area contributed by atoms with E-state index in [0.717, 1.165) is 23.4 Å². The van der Waals surface area contributed by atoms with Crippen LogP contribution in [0, 0.1) is 0 Å². The number of nitrogens with zero attached hydrogens (tertiary/aromatic N) is 1. The molecule has 30 heavy (non-hydrogen) atoms. The van der Waals surface area contributed by atoms with Crippen molar-refractivity contribution in [2.75, 3.05) is 5.32 Å². The predicted molar refractivity (Wildman–Crippen MR) is 105 cm³/mol. The lowest BCUT2D eigenvalue weighted by Crippen LogP contribution is -2.42. The molecule has 0 saturated heterocycles. The number of hydrogen-bond donors (Lipinski definition) is 3. The Morgan fingerprint density at radius 1 is 1.07 bits per heavy atom. The second kappa shape index (κ2) is 8.81. The lowest BCUT2D eigenvalue weighted by molar-refractivity contribution is -0.137. The number of hydrogen-bond acceptors (Lipinski definition) is 3. The Morgan fingerprint density at radius 3 is 2.37 bits per heavy atom. The molecular formula is C21H19F3N4O2. The number of anilines is 1. The van der Waals surface area contributed by atoms with Crippen LogP contribution in [0.3, 0.4) is 0 Å². The third kappa shape index (κ3) is 5.47. The zero-order valence-corrected chi connectivity index (χ0v) is 16.0. The van der Waals surface area contributed by atoms with Crippen LogP contribution in [0.5, 0.6) is 0 Å². The number of carbonyl (C=O) groups excluding carboxylic acids is 2. The van der Waals surface area contributed by atoms with Crippen LogP contribution in [0.4, 0.5) is 19.0 Å². The molecular weight excluding hydrogens is 397 g/mol. The van der Waals surface area contributed by atoms with E-state index in [1.165, 1.54) is 19.1 Å². The molecule has 0 fully saturated rings. The lowest BCUT2D eigenvalue weighted by atomic mass is 10.1. The standard InChI is InChI=1S/C21H19F3N4O2/c1-13(25-19(29)11-14-7-9-16(10-8-14)21(22,23)24)20(30)26-18-12-17(27-28-18)15-5-3-2-4-6-15/h2-10,12-13H,11H2,1H3,(H,25,29)(H2,26,27,28,30). The highest BCUT2D eigenvalue weighted by Crippen LogP contribution is 2.29. The quantitative estimate of drug-likeness (QED) is 0.572. The Bertz CT molecular complexity index is 1010. The summed E-state index contributed by atoms with van der Waals surface area (Å²) in [4.78, 5) is 24.4. The van der Waals surface area contributed by atoms with Crippen molar-refractivity contribution in [2.45, 2.75) is 25.6 Å². The summed E-state index contributed by atoms with van der Waals surface area (Å²) < 4.78 is 37.8. The van der Waals surface area contributed by atoms with E-state index in [9.17, 15) is 22.8 Å². The summed E-state index contributed by atoms with van der Waals surface area (Å²) in [7, 11) is 0. The molecule has 1 aromatic heterocycles. The minimum absolute atomic E-state index is 0.143. The van der Waals surface area contributed by atoms with E-state index in [4.69, 9.17) is 0 Å². The summed E-state index contributed by atoms with van der Waals surface area (Å²) in [5.74, 6) is -0.644.